The molecule has 2 saturated heterocycles. The number of likely N-dealkylation sites (tertiary alicyclic amines) is 2. The molecule has 1 aromatic carbocycles. The lowest BCUT2D eigenvalue weighted by molar-refractivity contribution is -0.131. The summed E-state index contributed by atoms with van der Waals surface area (Å²) in [5.74, 6) is 0.182. The van der Waals surface area contributed by atoms with E-state index in [2.05, 4.69) is 23.9 Å². The molecule has 0 aromatic heterocycles. The fourth-order valence-corrected chi connectivity index (χ4v) is 4.48. The van der Waals surface area contributed by atoms with Gasteiger partial charge in [-0.25, -0.2) is 0 Å². The molecule has 2 atom stereocenters. The van der Waals surface area contributed by atoms with Crippen molar-refractivity contribution in [1.29, 1.82) is 0 Å². The van der Waals surface area contributed by atoms with Crippen LogP contribution in [0.1, 0.15) is 31.7 Å². The number of benzene rings is 1. The van der Waals surface area contributed by atoms with Gasteiger partial charge in [0.05, 0.1) is 6.04 Å². The summed E-state index contributed by atoms with van der Waals surface area (Å²) in [5.41, 5.74) is 0.209. The molecule has 5 nitrogen and oxygen atoms in total. The molecule has 2 heterocycles. The fourth-order valence-electron chi connectivity index (χ4n) is 4.48. The topological polar surface area (TPSA) is 47.0 Å². The summed E-state index contributed by atoms with van der Waals surface area (Å²) in [6.07, 6.45) is 2.81. The van der Waals surface area contributed by atoms with E-state index in [0.717, 1.165) is 51.0 Å². The predicted octanol–water partition coefficient (Wildman–Crippen LogP) is 1.52. The van der Waals surface area contributed by atoms with Crippen molar-refractivity contribution < 1.29 is 9.90 Å². The first-order valence-corrected chi connectivity index (χ1v) is 9.35. The minimum absolute atomic E-state index is 0.0643. The molecule has 0 radical (unpaired) electrons. The summed E-state index contributed by atoms with van der Waals surface area (Å²) in [6, 6.07) is 10.7. The van der Waals surface area contributed by atoms with Gasteiger partial charge < -0.3 is 14.9 Å². The highest BCUT2D eigenvalue weighted by Gasteiger charge is 2.45. The number of rotatable bonds is 3. The number of piperidine rings is 2. The van der Waals surface area contributed by atoms with E-state index in [1.165, 1.54) is 0 Å². The summed E-state index contributed by atoms with van der Waals surface area (Å²) < 4.78 is 0. The lowest BCUT2D eigenvalue weighted by Crippen LogP contribution is -2.61. The van der Waals surface area contributed by atoms with E-state index in [-0.39, 0.29) is 11.9 Å². The largest absolute Gasteiger partial charge is 0.383 e. The van der Waals surface area contributed by atoms with Crippen LogP contribution in [-0.4, -0.2) is 78.1 Å². The average Bonchev–Trinajstić information content (AvgIpc) is 2.62. The fraction of sp³-hybridized carbons (Fsp3) is 0.650. The lowest BCUT2D eigenvalue weighted by Gasteiger charge is -2.50. The van der Waals surface area contributed by atoms with Gasteiger partial charge in [-0.05, 0) is 38.9 Å². The Labute approximate surface area is 151 Å². The van der Waals surface area contributed by atoms with Crippen molar-refractivity contribution in [3.05, 3.63) is 35.9 Å². The van der Waals surface area contributed by atoms with Crippen molar-refractivity contribution in [2.24, 2.45) is 0 Å². The second-order valence-corrected chi connectivity index (χ2v) is 7.75. The number of nitrogens with zero attached hydrogens (tertiary/aromatic N) is 3. The molecule has 2 aliphatic heterocycles. The highest BCUT2D eigenvalue weighted by molar-refractivity contribution is 5.73. The number of carbonyl (C=O) groups is 1. The molecule has 1 aromatic rings. The zero-order chi connectivity index (χ0) is 18.0. The van der Waals surface area contributed by atoms with Gasteiger partial charge in [-0.3, -0.25) is 9.69 Å². The van der Waals surface area contributed by atoms with E-state index in [1.807, 2.05) is 35.2 Å². The monoisotopic (exact) mass is 345 g/mol. The number of amides is 1. The standard InChI is InChI=1S/C20H31N3O2/c1-16(24)22-12-9-18(10-13-22)23-14-11-20(25,19(15-23)21(2)3)17-7-5-4-6-8-17/h4-8,18-19,25H,9-15H2,1-3H3/t19-,20+/m1/s1. The molecule has 2 fully saturated rings. The maximum atomic E-state index is 11.5. The van der Waals surface area contributed by atoms with Crippen LogP contribution in [0.25, 0.3) is 0 Å². The Hall–Kier alpha value is -1.43. The van der Waals surface area contributed by atoms with Gasteiger partial charge in [0.25, 0.3) is 0 Å². The second kappa shape index (κ2) is 7.44. The summed E-state index contributed by atoms with van der Waals surface area (Å²) in [5, 5.41) is 11.5. The number of hydrogen-bond donors (Lipinski definition) is 1. The summed E-state index contributed by atoms with van der Waals surface area (Å²) in [4.78, 5) is 18.2. The van der Waals surface area contributed by atoms with Crippen LogP contribution in [0.3, 0.4) is 0 Å². The molecule has 0 saturated carbocycles. The van der Waals surface area contributed by atoms with E-state index >= 15 is 0 Å². The van der Waals surface area contributed by atoms with Crippen molar-refractivity contribution >= 4 is 5.91 Å². The number of carbonyl (C=O) groups excluding carboxylic acids is 1. The molecule has 25 heavy (non-hydrogen) atoms. The van der Waals surface area contributed by atoms with Gasteiger partial charge in [-0.2, -0.15) is 0 Å². The van der Waals surface area contributed by atoms with E-state index in [1.54, 1.807) is 6.92 Å². The highest BCUT2D eigenvalue weighted by atomic mass is 16.3. The molecule has 2 aliphatic rings. The van der Waals surface area contributed by atoms with Gasteiger partial charge in [0, 0.05) is 39.1 Å². The normalized spacial score (nSPS) is 29.2. The molecule has 1 amide bonds. The first-order valence-electron chi connectivity index (χ1n) is 9.35. The molecular weight excluding hydrogens is 314 g/mol. The van der Waals surface area contributed by atoms with Gasteiger partial charge in [0.2, 0.25) is 5.91 Å². The Kier molecular flexibility index (Phi) is 5.46. The van der Waals surface area contributed by atoms with Crippen LogP contribution in [-0.2, 0) is 10.4 Å². The molecule has 0 spiro atoms. The van der Waals surface area contributed by atoms with E-state index in [4.69, 9.17) is 0 Å². The maximum Gasteiger partial charge on any atom is 0.219 e. The van der Waals surface area contributed by atoms with E-state index in [0.29, 0.717) is 6.04 Å². The van der Waals surface area contributed by atoms with Crippen LogP contribution >= 0.6 is 0 Å². The summed E-state index contributed by atoms with van der Waals surface area (Å²) in [6.45, 7) is 5.13. The Balaban J connectivity index is 1.71. The minimum Gasteiger partial charge on any atom is -0.383 e. The molecule has 1 N–H and O–H groups in total. The van der Waals surface area contributed by atoms with E-state index < -0.39 is 5.60 Å². The Bertz CT molecular complexity index is 584. The Morgan fingerprint density at radius 3 is 2.36 bits per heavy atom. The third kappa shape index (κ3) is 3.73. The molecule has 0 bridgehead atoms. The number of hydrogen-bond acceptors (Lipinski definition) is 4. The number of likely N-dealkylation sites (N-methyl/N-ethyl adjacent to an activating group) is 1. The first-order chi connectivity index (χ1) is 11.9. The van der Waals surface area contributed by atoms with Gasteiger partial charge in [0.1, 0.15) is 5.60 Å². The van der Waals surface area contributed by atoms with Gasteiger partial charge in [-0.1, -0.05) is 30.3 Å². The molecular formula is C20H31N3O2. The van der Waals surface area contributed by atoms with Crippen LogP contribution in [0.4, 0.5) is 0 Å². The van der Waals surface area contributed by atoms with Gasteiger partial charge in [0.15, 0.2) is 0 Å². The highest BCUT2D eigenvalue weighted by Crippen LogP contribution is 2.36. The zero-order valence-corrected chi connectivity index (χ0v) is 15.7. The van der Waals surface area contributed by atoms with Crippen molar-refractivity contribution in [3.63, 3.8) is 0 Å². The van der Waals surface area contributed by atoms with E-state index in [9.17, 15) is 9.90 Å². The van der Waals surface area contributed by atoms with Crippen molar-refractivity contribution in [3.8, 4) is 0 Å². The number of aliphatic hydroxyl groups is 1. The van der Waals surface area contributed by atoms with Gasteiger partial charge in [-0.15, -0.1) is 0 Å². The molecule has 0 unspecified atom stereocenters. The molecule has 5 heteroatoms. The van der Waals surface area contributed by atoms with Crippen LogP contribution in [0.2, 0.25) is 0 Å². The maximum absolute atomic E-state index is 11.5. The van der Waals surface area contributed by atoms with Crippen LogP contribution in [0, 0.1) is 0 Å². The summed E-state index contributed by atoms with van der Waals surface area (Å²) in [7, 11) is 4.11. The zero-order valence-electron chi connectivity index (χ0n) is 15.7. The second-order valence-electron chi connectivity index (χ2n) is 7.75. The molecule has 3 rings (SSSR count). The Morgan fingerprint density at radius 1 is 1.16 bits per heavy atom. The van der Waals surface area contributed by atoms with Crippen molar-refractivity contribution in [2.75, 3.05) is 40.3 Å². The van der Waals surface area contributed by atoms with Crippen LogP contribution in [0.5, 0.6) is 0 Å². The average molecular weight is 345 g/mol. The molecule has 138 valence electrons. The third-order valence-corrected chi connectivity index (χ3v) is 6.06. The minimum atomic E-state index is -0.804. The van der Waals surface area contributed by atoms with Gasteiger partial charge >= 0.3 is 0 Å². The summed E-state index contributed by atoms with van der Waals surface area (Å²) >= 11 is 0. The molecule has 0 aliphatic carbocycles. The lowest BCUT2D eigenvalue weighted by atomic mass is 9.79. The third-order valence-electron chi connectivity index (χ3n) is 6.06. The first kappa shape index (κ1) is 18.4. The van der Waals surface area contributed by atoms with Crippen LogP contribution < -0.4 is 0 Å². The van der Waals surface area contributed by atoms with Crippen molar-refractivity contribution in [2.45, 2.75) is 43.9 Å². The quantitative estimate of drug-likeness (QED) is 0.902. The SMILES string of the molecule is CC(=O)N1CCC(N2CC[C@](O)(c3ccccc3)[C@H](N(C)C)C2)CC1. The van der Waals surface area contributed by atoms with Crippen LogP contribution in [0.15, 0.2) is 30.3 Å². The Morgan fingerprint density at radius 2 is 1.80 bits per heavy atom. The van der Waals surface area contributed by atoms with Crippen molar-refractivity contribution in [1.82, 2.24) is 14.7 Å². The smallest absolute Gasteiger partial charge is 0.219 e. The predicted molar refractivity (Wildman–Crippen MR) is 99.3 cm³/mol.